The molecule has 2 aromatic heterocycles. The van der Waals surface area contributed by atoms with Crippen molar-refractivity contribution in [3.05, 3.63) is 60.9 Å². The molecule has 1 N–H and O–H groups in total. The molecule has 2 aromatic carbocycles. The Morgan fingerprint density at radius 2 is 2.00 bits per heavy atom. The number of hydrogen-bond donors (Lipinski definition) is 1. The zero-order valence-corrected chi connectivity index (χ0v) is 16.7. The smallest absolute Gasteiger partial charge is 0.257 e. The Labute approximate surface area is 176 Å². The number of benzene rings is 2. The summed E-state index contributed by atoms with van der Waals surface area (Å²) in [5, 5.41) is 7.60. The van der Waals surface area contributed by atoms with Gasteiger partial charge in [-0.1, -0.05) is 36.0 Å². The summed E-state index contributed by atoms with van der Waals surface area (Å²) in [5.41, 5.74) is 2.10. The van der Waals surface area contributed by atoms with Crippen LogP contribution < -0.4 is 14.8 Å². The highest BCUT2D eigenvalue weighted by atomic mass is 32.2. The maximum Gasteiger partial charge on any atom is 0.257 e. The lowest BCUT2D eigenvalue weighted by molar-refractivity contribution is -0.113. The van der Waals surface area contributed by atoms with Gasteiger partial charge >= 0.3 is 0 Å². The van der Waals surface area contributed by atoms with Gasteiger partial charge in [0.1, 0.15) is 12.1 Å². The van der Waals surface area contributed by atoms with Crippen LogP contribution in [0.15, 0.2) is 70.6 Å². The summed E-state index contributed by atoms with van der Waals surface area (Å²) in [4.78, 5) is 16.6. The lowest BCUT2D eigenvalue weighted by Crippen LogP contribution is -2.33. The number of fused-ring (bicyclic) bond motifs is 2. The second-order valence-corrected chi connectivity index (χ2v) is 7.66. The molecule has 0 spiro atoms. The number of oxazole rings is 1. The van der Waals surface area contributed by atoms with E-state index < -0.39 is 0 Å². The van der Waals surface area contributed by atoms with E-state index in [1.165, 1.54) is 11.8 Å². The van der Waals surface area contributed by atoms with E-state index in [-0.39, 0.29) is 17.8 Å². The zero-order chi connectivity index (χ0) is 20.3. The fourth-order valence-electron chi connectivity index (χ4n) is 3.13. The Morgan fingerprint density at radius 1 is 1.17 bits per heavy atom. The molecule has 0 fully saturated rings. The predicted octanol–water partition coefficient (Wildman–Crippen LogP) is 3.60. The Balaban J connectivity index is 1.13. The monoisotopic (exact) mass is 422 g/mol. The standard InChI is InChI=1S/C21H18N4O4S/c26-20(13-30-21-24-16-5-1-2-6-17(16)29-21)23-14-9-22-25(10-14)11-15-12-27-18-7-3-4-8-19(18)28-15/h1-10,15H,11-13H2,(H,23,26)/t15-/m1/s1. The third-order valence-electron chi connectivity index (χ3n) is 4.48. The van der Waals surface area contributed by atoms with Crippen LogP contribution in [0.5, 0.6) is 11.5 Å². The zero-order valence-electron chi connectivity index (χ0n) is 15.9. The van der Waals surface area contributed by atoms with Crippen molar-refractivity contribution in [1.82, 2.24) is 14.8 Å². The van der Waals surface area contributed by atoms with Crippen LogP contribution in [0.4, 0.5) is 5.69 Å². The molecule has 1 amide bonds. The molecule has 0 saturated carbocycles. The minimum atomic E-state index is -0.159. The summed E-state index contributed by atoms with van der Waals surface area (Å²) in [6.45, 7) is 0.960. The number of carbonyl (C=O) groups excluding carboxylic acids is 1. The summed E-state index contributed by atoms with van der Waals surface area (Å²) in [6.07, 6.45) is 3.23. The van der Waals surface area contributed by atoms with Gasteiger partial charge < -0.3 is 19.2 Å². The minimum Gasteiger partial charge on any atom is -0.486 e. The lowest BCUT2D eigenvalue weighted by atomic mass is 10.2. The van der Waals surface area contributed by atoms with Crippen molar-refractivity contribution in [2.24, 2.45) is 0 Å². The van der Waals surface area contributed by atoms with Crippen molar-refractivity contribution in [3.8, 4) is 11.5 Å². The van der Waals surface area contributed by atoms with Gasteiger partial charge in [-0.25, -0.2) is 4.98 Å². The molecule has 1 aliphatic heterocycles. The average Bonchev–Trinajstić information content (AvgIpc) is 3.38. The molecule has 30 heavy (non-hydrogen) atoms. The van der Waals surface area contributed by atoms with Crippen LogP contribution in [0.25, 0.3) is 11.1 Å². The maximum absolute atomic E-state index is 12.3. The molecule has 3 heterocycles. The van der Waals surface area contributed by atoms with Crippen molar-refractivity contribution >= 4 is 34.5 Å². The summed E-state index contributed by atoms with van der Waals surface area (Å²) < 4.78 is 19.0. The Hall–Kier alpha value is -3.46. The van der Waals surface area contributed by atoms with Crippen LogP contribution in [-0.4, -0.2) is 39.1 Å². The first-order valence-electron chi connectivity index (χ1n) is 9.42. The largest absolute Gasteiger partial charge is 0.486 e. The molecule has 5 rings (SSSR count). The van der Waals surface area contributed by atoms with Crippen molar-refractivity contribution in [1.29, 1.82) is 0 Å². The highest BCUT2D eigenvalue weighted by Gasteiger charge is 2.21. The number of carbonyl (C=O) groups is 1. The van der Waals surface area contributed by atoms with Crippen molar-refractivity contribution in [2.45, 2.75) is 17.9 Å². The van der Waals surface area contributed by atoms with Gasteiger partial charge in [-0.3, -0.25) is 9.48 Å². The third-order valence-corrected chi connectivity index (χ3v) is 5.30. The summed E-state index contributed by atoms with van der Waals surface area (Å²) >= 11 is 1.25. The minimum absolute atomic E-state index is 0.155. The van der Waals surface area contributed by atoms with E-state index in [1.54, 1.807) is 17.1 Å². The number of amides is 1. The van der Waals surface area contributed by atoms with Crippen LogP contribution in [0, 0.1) is 0 Å². The molecule has 0 unspecified atom stereocenters. The molecule has 8 nitrogen and oxygen atoms in total. The number of thioether (sulfide) groups is 1. The molecule has 1 atom stereocenters. The van der Waals surface area contributed by atoms with Gasteiger partial charge in [0.05, 0.1) is 24.2 Å². The molecular weight excluding hydrogens is 404 g/mol. The number of rotatable bonds is 6. The molecule has 152 valence electrons. The van der Waals surface area contributed by atoms with Crippen molar-refractivity contribution in [2.75, 3.05) is 17.7 Å². The van der Waals surface area contributed by atoms with Gasteiger partial charge in [-0.05, 0) is 24.3 Å². The van der Waals surface area contributed by atoms with Crippen molar-refractivity contribution in [3.63, 3.8) is 0 Å². The number of anilines is 1. The fraction of sp³-hybridized carbons (Fsp3) is 0.190. The first-order chi connectivity index (χ1) is 14.7. The first kappa shape index (κ1) is 18.6. The third kappa shape index (κ3) is 4.11. The van der Waals surface area contributed by atoms with Gasteiger partial charge in [0, 0.05) is 6.20 Å². The molecule has 1 aliphatic rings. The predicted molar refractivity (Wildman–Crippen MR) is 112 cm³/mol. The molecule has 0 radical (unpaired) electrons. The van der Waals surface area contributed by atoms with Crippen LogP contribution >= 0.6 is 11.8 Å². The molecule has 0 aliphatic carbocycles. The van der Waals surface area contributed by atoms with Gasteiger partial charge in [0.15, 0.2) is 23.2 Å². The topological polar surface area (TPSA) is 91.4 Å². The highest BCUT2D eigenvalue weighted by Crippen LogP contribution is 2.31. The van der Waals surface area contributed by atoms with Crippen LogP contribution in [0.3, 0.4) is 0 Å². The normalized spacial score (nSPS) is 15.3. The van der Waals surface area contributed by atoms with Crippen LogP contribution in [0.2, 0.25) is 0 Å². The molecular formula is C21H18N4O4S. The van der Waals surface area contributed by atoms with E-state index >= 15 is 0 Å². The van der Waals surface area contributed by atoms with E-state index in [2.05, 4.69) is 15.4 Å². The molecule has 0 saturated heterocycles. The van der Waals surface area contributed by atoms with Gasteiger partial charge in [0.25, 0.3) is 5.22 Å². The van der Waals surface area contributed by atoms with Crippen LogP contribution in [-0.2, 0) is 11.3 Å². The molecule has 9 heteroatoms. The number of hydrogen-bond acceptors (Lipinski definition) is 7. The van der Waals surface area contributed by atoms with E-state index in [1.807, 2.05) is 48.5 Å². The number of ether oxygens (including phenoxy) is 2. The summed E-state index contributed by atoms with van der Waals surface area (Å²) in [6, 6.07) is 15.1. The summed E-state index contributed by atoms with van der Waals surface area (Å²) in [7, 11) is 0. The number of para-hydroxylation sites is 4. The van der Waals surface area contributed by atoms with Crippen molar-refractivity contribution < 1.29 is 18.7 Å². The fourth-order valence-corrected chi connectivity index (χ4v) is 3.77. The van der Waals surface area contributed by atoms with E-state index in [4.69, 9.17) is 13.9 Å². The second kappa shape index (κ2) is 8.11. The molecule has 4 aromatic rings. The lowest BCUT2D eigenvalue weighted by Gasteiger charge is -2.26. The Kier molecular flexibility index (Phi) is 5.02. The van der Waals surface area contributed by atoms with E-state index in [0.717, 1.165) is 17.0 Å². The number of aromatic nitrogens is 3. The summed E-state index contributed by atoms with van der Waals surface area (Å²) in [5.74, 6) is 1.51. The Morgan fingerprint density at radius 3 is 2.90 bits per heavy atom. The maximum atomic E-state index is 12.3. The molecule has 0 bridgehead atoms. The SMILES string of the molecule is O=C(CSc1nc2ccccc2o1)Nc1cnn(C[C@@H]2COc3ccccc3O2)c1. The second-order valence-electron chi connectivity index (χ2n) is 6.73. The Bertz CT molecular complexity index is 1160. The number of nitrogens with one attached hydrogen (secondary N) is 1. The average molecular weight is 422 g/mol. The van der Waals surface area contributed by atoms with Gasteiger partial charge in [-0.15, -0.1) is 0 Å². The quantitative estimate of drug-likeness (QED) is 0.475. The van der Waals surface area contributed by atoms with E-state index in [0.29, 0.717) is 29.6 Å². The highest BCUT2D eigenvalue weighted by molar-refractivity contribution is 7.99. The van der Waals surface area contributed by atoms with Crippen LogP contribution in [0.1, 0.15) is 0 Å². The van der Waals surface area contributed by atoms with E-state index in [9.17, 15) is 4.79 Å². The number of nitrogens with zero attached hydrogens (tertiary/aromatic N) is 3. The van der Waals surface area contributed by atoms with Gasteiger partial charge in [0.2, 0.25) is 5.91 Å². The first-order valence-corrected chi connectivity index (χ1v) is 10.4. The van der Waals surface area contributed by atoms with Gasteiger partial charge in [-0.2, -0.15) is 5.10 Å².